The molecule has 0 aliphatic rings. The summed E-state index contributed by atoms with van der Waals surface area (Å²) in [4.78, 5) is 8.99. The highest BCUT2D eigenvalue weighted by Crippen LogP contribution is 2.30. The van der Waals surface area contributed by atoms with Crippen molar-refractivity contribution in [2.75, 3.05) is 0 Å². The molecule has 0 unspecified atom stereocenters. The minimum Gasteiger partial charge on any atom is -0.504 e. The molecular weight excluding hydrogens is 279 g/mol. The summed E-state index contributed by atoms with van der Waals surface area (Å²) in [6.45, 7) is 0. The van der Waals surface area contributed by atoms with Crippen molar-refractivity contribution < 1.29 is 5.11 Å². The topological polar surface area (TPSA) is 46.0 Å². The average Bonchev–Trinajstić information content (AvgIpc) is 2.34. The molecule has 0 fully saturated rings. The average molecular weight is 287 g/mol. The molecule has 3 nitrogen and oxygen atoms in total. The zero-order valence-corrected chi connectivity index (χ0v) is 10.7. The van der Waals surface area contributed by atoms with E-state index in [-0.39, 0.29) is 5.75 Å². The highest BCUT2D eigenvalue weighted by Gasteiger charge is 2.11. The molecule has 1 N–H and O–H groups in total. The van der Waals surface area contributed by atoms with Gasteiger partial charge in [-0.2, -0.15) is 0 Å². The quantitative estimate of drug-likeness (QED) is 0.503. The van der Waals surface area contributed by atoms with E-state index in [9.17, 15) is 5.11 Å². The molecule has 0 saturated heterocycles. The van der Waals surface area contributed by atoms with Crippen molar-refractivity contribution in [3.8, 4) is 5.75 Å². The van der Waals surface area contributed by atoms with Gasteiger partial charge in [0.1, 0.15) is 13.4 Å². The van der Waals surface area contributed by atoms with Gasteiger partial charge in [0, 0.05) is 0 Å². The van der Waals surface area contributed by atoms with Crippen LogP contribution in [0, 0.1) is 0 Å². The lowest BCUT2D eigenvalue weighted by molar-refractivity contribution is 0.477. The minimum atomic E-state index is 0.142. The number of phenols is 1. The maximum Gasteiger partial charge on any atom is 0.157 e. The van der Waals surface area contributed by atoms with Gasteiger partial charge in [-0.15, -0.1) is 0 Å². The van der Waals surface area contributed by atoms with Crippen molar-refractivity contribution in [2.24, 2.45) is 0 Å². The molecule has 0 amide bonds. The van der Waals surface area contributed by atoms with E-state index in [1.807, 2.05) is 38.2 Å². The summed E-state index contributed by atoms with van der Waals surface area (Å²) in [5, 5.41) is 9.99. The third-order valence-electron chi connectivity index (χ3n) is 2.74. The summed E-state index contributed by atoms with van der Waals surface area (Å²) in [6.07, 6.45) is 0. The van der Waals surface area contributed by atoms with Crippen LogP contribution in [0.15, 0.2) is 34.8 Å². The van der Waals surface area contributed by atoms with Crippen LogP contribution in [0.25, 0.3) is 22.1 Å². The molecule has 2 aromatic carbocycles. The van der Waals surface area contributed by atoms with Crippen molar-refractivity contribution in [2.45, 2.75) is 0 Å². The largest absolute Gasteiger partial charge is 0.504 e. The van der Waals surface area contributed by atoms with Crippen LogP contribution in [-0.2, 0) is 0 Å². The van der Waals surface area contributed by atoms with Crippen molar-refractivity contribution in [3.63, 3.8) is 0 Å². The molecule has 0 atom stereocenters. The SMILES string of the molecule is Bc1cc(Br)c(O)c2nc3ccccc3nc12. The van der Waals surface area contributed by atoms with Crippen LogP contribution >= 0.6 is 15.9 Å². The van der Waals surface area contributed by atoms with Gasteiger partial charge in [-0.3, -0.25) is 0 Å². The smallest absolute Gasteiger partial charge is 0.157 e. The van der Waals surface area contributed by atoms with Crippen molar-refractivity contribution in [3.05, 3.63) is 34.8 Å². The second-order valence-corrected chi connectivity index (χ2v) is 4.79. The van der Waals surface area contributed by atoms with E-state index in [4.69, 9.17) is 0 Å². The van der Waals surface area contributed by atoms with Crippen LogP contribution in [0.5, 0.6) is 5.75 Å². The number of aromatic hydroxyl groups is 1. The van der Waals surface area contributed by atoms with Gasteiger partial charge in [0.05, 0.1) is 21.0 Å². The van der Waals surface area contributed by atoms with Gasteiger partial charge < -0.3 is 5.11 Å². The van der Waals surface area contributed by atoms with Gasteiger partial charge in [-0.1, -0.05) is 17.6 Å². The van der Waals surface area contributed by atoms with Crippen LogP contribution in [-0.4, -0.2) is 22.9 Å². The second kappa shape index (κ2) is 3.70. The molecule has 17 heavy (non-hydrogen) atoms. The van der Waals surface area contributed by atoms with Crippen LogP contribution in [0.3, 0.4) is 0 Å². The first-order valence-electron chi connectivity index (χ1n) is 5.21. The lowest BCUT2D eigenvalue weighted by Gasteiger charge is -2.07. The fourth-order valence-corrected chi connectivity index (χ4v) is 2.41. The lowest BCUT2D eigenvalue weighted by Crippen LogP contribution is -2.07. The monoisotopic (exact) mass is 286 g/mol. The zero-order valence-electron chi connectivity index (χ0n) is 9.11. The fraction of sp³-hybridized carbons (Fsp3) is 0. The first kappa shape index (κ1) is 10.5. The number of phenolic OH excluding ortho intramolecular Hbond substituents is 1. The van der Waals surface area contributed by atoms with Crippen molar-refractivity contribution in [1.82, 2.24) is 9.97 Å². The number of benzene rings is 2. The Balaban J connectivity index is 2.56. The summed E-state index contributed by atoms with van der Waals surface area (Å²) in [5.41, 5.74) is 3.89. The Morgan fingerprint density at radius 1 is 1.06 bits per heavy atom. The summed E-state index contributed by atoms with van der Waals surface area (Å²) in [5.74, 6) is 0.142. The van der Waals surface area contributed by atoms with E-state index in [2.05, 4.69) is 25.9 Å². The second-order valence-electron chi connectivity index (χ2n) is 3.93. The molecule has 82 valence electrons. The normalized spacial score (nSPS) is 11.1. The van der Waals surface area contributed by atoms with Gasteiger partial charge in [0.25, 0.3) is 0 Å². The Morgan fingerprint density at radius 2 is 1.65 bits per heavy atom. The summed E-state index contributed by atoms with van der Waals surface area (Å²) in [7, 11) is 1.95. The van der Waals surface area contributed by atoms with Crippen LogP contribution in [0.2, 0.25) is 0 Å². The Labute approximate surface area is 107 Å². The predicted octanol–water partition coefficient (Wildman–Crippen LogP) is 1.51. The van der Waals surface area contributed by atoms with Gasteiger partial charge in [-0.05, 0) is 34.1 Å². The fourth-order valence-electron chi connectivity index (χ4n) is 1.88. The first-order valence-corrected chi connectivity index (χ1v) is 6.00. The lowest BCUT2D eigenvalue weighted by atomic mass is 9.94. The Hall–Kier alpha value is -1.62. The van der Waals surface area contributed by atoms with Crippen molar-refractivity contribution >= 4 is 51.3 Å². The molecule has 0 aliphatic heterocycles. The molecule has 3 aromatic rings. The molecule has 0 spiro atoms. The zero-order chi connectivity index (χ0) is 12.0. The highest BCUT2D eigenvalue weighted by atomic mass is 79.9. The number of halogens is 1. The third-order valence-corrected chi connectivity index (χ3v) is 3.34. The summed E-state index contributed by atoms with van der Waals surface area (Å²) < 4.78 is 0.645. The number of nitrogens with zero attached hydrogens (tertiary/aromatic N) is 2. The van der Waals surface area contributed by atoms with E-state index < -0.39 is 0 Å². The molecule has 1 aromatic heterocycles. The predicted molar refractivity (Wildman–Crippen MR) is 74.6 cm³/mol. The van der Waals surface area contributed by atoms with Crippen LogP contribution < -0.4 is 5.46 Å². The van der Waals surface area contributed by atoms with Gasteiger partial charge >= 0.3 is 0 Å². The maximum atomic E-state index is 9.99. The molecule has 1 heterocycles. The standard InChI is InChI=1S/C12H8BBrN2O/c13-6-5-7(14)12(17)11-10(6)15-8-3-1-2-4-9(8)16-11/h1-5,17H,13H2. The number of para-hydroxylation sites is 2. The van der Waals surface area contributed by atoms with E-state index in [0.29, 0.717) is 9.99 Å². The highest BCUT2D eigenvalue weighted by molar-refractivity contribution is 9.10. The number of rotatable bonds is 0. The van der Waals surface area contributed by atoms with Crippen LogP contribution in [0.4, 0.5) is 0 Å². The maximum absolute atomic E-state index is 9.99. The van der Waals surface area contributed by atoms with Crippen LogP contribution in [0.1, 0.15) is 0 Å². The number of hydrogen-bond acceptors (Lipinski definition) is 3. The molecule has 0 radical (unpaired) electrons. The van der Waals surface area contributed by atoms with Gasteiger partial charge in [0.2, 0.25) is 0 Å². The van der Waals surface area contributed by atoms with Gasteiger partial charge in [-0.25, -0.2) is 9.97 Å². The molecule has 5 heteroatoms. The van der Waals surface area contributed by atoms with E-state index in [0.717, 1.165) is 22.0 Å². The molecule has 3 rings (SSSR count). The number of hydrogen-bond donors (Lipinski definition) is 1. The van der Waals surface area contributed by atoms with Gasteiger partial charge in [0.15, 0.2) is 5.75 Å². The molecule has 0 bridgehead atoms. The summed E-state index contributed by atoms with van der Waals surface area (Å²) in [6, 6.07) is 9.49. The Kier molecular flexibility index (Phi) is 2.29. The third kappa shape index (κ3) is 1.58. The minimum absolute atomic E-state index is 0.142. The number of fused-ring (bicyclic) bond motifs is 2. The number of aromatic nitrogens is 2. The molecular formula is C12H8BBrN2O. The van der Waals surface area contributed by atoms with Crippen molar-refractivity contribution in [1.29, 1.82) is 0 Å². The first-order chi connectivity index (χ1) is 8.16. The van der Waals surface area contributed by atoms with E-state index in [1.165, 1.54) is 0 Å². The van der Waals surface area contributed by atoms with E-state index >= 15 is 0 Å². The Bertz CT molecular complexity index is 745. The Morgan fingerprint density at radius 3 is 2.29 bits per heavy atom. The molecule has 0 saturated carbocycles. The van der Waals surface area contributed by atoms with E-state index in [1.54, 1.807) is 0 Å². The molecule has 0 aliphatic carbocycles. The summed E-state index contributed by atoms with van der Waals surface area (Å²) >= 11 is 3.31.